The Morgan fingerprint density at radius 1 is 1.24 bits per heavy atom. The van der Waals surface area contributed by atoms with E-state index in [0.29, 0.717) is 18.8 Å². The number of carbonyl (C=O) groups is 1. The van der Waals surface area contributed by atoms with E-state index in [2.05, 4.69) is 13.8 Å². The summed E-state index contributed by atoms with van der Waals surface area (Å²) in [7, 11) is 0. The average molecular weight is 233 g/mol. The van der Waals surface area contributed by atoms with E-state index in [9.17, 15) is 9.90 Å². The Balaban J connectivity index is 2.21. The van der Waals surface area contributed by atoms with Crippen LogP contribution in [-0.2, 0) is 4.79 Å². The highest BCUT2D eigenvalue weighted by atomic mass is 16.4. The smallest absolute Gasteiger partial charge is 0.311 e. The van der Waals surface area contributed by atoms with Gasteiger partial charge in [-0.3, -0.25) is 4.79 Å². The lowest BCUT2D eigenvalue weighted by atomic mass is 9.89. The number of rotatable bonds is 4. The molecule has 1 saturated carbocycles. The van der Waals surface area contributed by atoms with E-state index < -0.39 is 11.4 Å². The van der Waals surface area contributed by atoms with Gasteiger partial charge in [-0.2, -0.15) is 0 Å². The summed E-state index contributed by atoms with van der Waals surface area (Å²) < 4.78 is 0. The van der Waals surface area contributed by atoms with Crippen molar-refractivity contribution in [1.82, 2.24) is 0 Å². The number of carboxylic acid groups (broad SMARTS) is 1. The molecule has 0 radical (unpaired) electrons. The van der Waals surface area contributed by atoms with Crippen LogP contribution in [-0.4, -0.2) is 11.1 Å². The molecular weight excluding hydrogens is 214 g/mol. The molecule has 1 aromatic rings. The summed E-state index contributed by atoms with van der Waals surface area (Å²) in [6, 6.07) is 7.61. The fourth-order valence-corrected chi connectivity index (χ4v) is 2.20. The van der Waals surface area contributed by atoms with Crippen LogP contribution in [0.5, 0.6) is 0 Å². The van der Waals surface area contributed by atoms with Gasteiger partial charge in [0.05, 0.1) is 5.41 Å². The van der Waals surface area contributed by atoms with Crippen LogP contribution in [0.25, 0.3) is 0 Å². The van der Waals surface area contributed by atoms with Crippen LogP contribution in [0.4, 0.5) is 0 Å². The monoisotopic (exact) mass is 233 g/mol. The Hall–Kier alpha value is -1.35. The van der Waals surface area contributed by atoms with Gasteiger partial charge in [-0.15, -0.1) is 0 Å². The van der Waals surface area contributed by atoms with Gasteiger partial charge in [0.25, 0.3) is 0 Å². The summed E-state index contributed by atoms with van der Waals surface area (Å²) >= 11 is 0. The molecule has 3 heteroatoms. The first kappa shape index (κ1) is 12.1. The molecule has 1 aliphatic rings. The second-order valence-corrected chi connectivity index (χ2v) is 5.26. The van der Waals surface area contributed by atoms with Gasteiger partial charge in [0.2, 0.25) is 0 Å². The number of carboxylic acids is 1. The van der Waals surface area contributed by atoms with Crippen molar-refractivity contribution in [2.75, 3.05) is 0 Å². The molecule has 0 heterocycles. The van der Waals surface area contributed by atoms with E-state index in [0.717, 1.165) is 5.56 Å². The molecule has 3 nitrogen and oxygen atoms in total. The third kappa shape index (κ3) is 2.07. The molecule has 17 heavy (non-hydrogen) atoms. The van der Waals surface area contributed by atoms with E-state index in [1.165, 1.54) is 5.56 Å². The predicted octanol–water partition coefficient (Wildman–Crippen LogP) is 2.67. The molecule has 1 unspecified atom stereocenters. The summed E-state index contributed by atoms with van der Waals surface area (Å²) in [5.74, 6) is -0.285. The molecule has 2 rings (SSSR count). The largest absolute Gasteiger partial charge is 0.481 e. The topological polar surface area (TPSA) is 63.3 Å². The van der Waals surface area contributed by atoms with Crippen LogP contribution in [0, 0.1) is 5.41 Å². The molecule has 0 bridgehead atoms. The minimum atomic E-state index is -0.766. The Labute approximate surface area is 102 Å². The number of hydrogen-bond acceptors (Lipinski definition) is 2. The molecule has 1 atom stereocenters. The van der Waals surface area contributed by atoms with Crippen molar-refractivity contribution in [3.05, 3.63) is 35.4 Å². The summed E-state index contributed by atoms with van der Waals surface area (Å²) in [5.41, 5.74) is 7.55. The minimum absolute atomic E-state index is 0.388. The molecule has 0 amide bonds. The zero-order valence-corrected chi connectivity index (χ0v) is 10.3. The molecule has 0 aromatic heterocycles. The van der Waals surface area contributed by atoms with Crippen LogP contribution < -0.4 is 5.73 Å². The van der Waals surface area contributed by atoms with E-state index >= 15 is 0 Å². The van der Waals surface area contributed by atoms with E-state index in [1.54, 1.807) is 0 Å². The van der Waals surface area contributed by atoms with E-state index in [-0.39, 0.29) is 6.04 Å². The summed E-state index contributed by atoms with van der Waals surface area (Å²) in [5, 5.41) is 9.20. The lowest BCUT2D eigenvalue weighted by molar-refractivity contribution is -0.144. The Kier molecular flexibility index (Phi) is 2.96. The average Bonchev–Trinajstić information content (AvgIpc) is 3.09. The normalized spacial score (nSPS) is 19.1. The van der Waals surface area contributed by atoms with Crippen molar-refractivity contribution in [3.63, 3.8) is 0 Å². The zero-order chi connectivity index (χ0) is 12.6. The van der Waals surface area contributed by atoms with Crippen LogP contribution in [0.1, 0.15) is 49.8 Å². The molecule has 3 N–H and O–H groups in total. The Morgan fingerprint density at radius 3 is 2.06 bits per heavy atom. The second kappa shape index (κ2) is 4.15. The maximum atomic E-state index is 11.2. The van der Waals surface area contributed by atoms with Crippen molar-refractivity contribution in [3.8, 4) is 0 Å². The molecule has 0 saturated heterocycles. The van der Waals surface area contributed by atoms with Crippen molar-refractivity contribution in [1.29, 1.82) is 0 Å². The first-order valence-electron chi connectivity index (χ1n) is 6.06. The maximum absolute atomic E-state index is 11.2. The van der Waals surface area contributed by atoms with Crippen LogP contribution in [0.2, 0.25) is 0 Å². The van der Waals surface area contributed by atoms with Crippen LogP contribution in [0.15, 0.2) is 24.3 Å². The lowest BCUT2D eigenvalue weighted by Gasteiger charge is -2.20. The molecule has 92 valence electrons. The molecule has 1 aliphatic carbocycles. The number of benzene rings is 1. The summed E-state index contributed by atoms with van der Waals surface area (Å²) in [6.45, 7) is 4.27. The number of aliphatic carboxylic acids is 1. The Bertz CT molecular complexity index is 418. The van der Waals surface area contributed by atoms with E-state index in [1.807, 2.05) is 24.3 Å². The van der Waals surface area contributed by atoms with E-state index in [4.69, 9.17) is 5.73 Å². The molecule has 1 fully saturated rings. The quantitative estimate of drug-likeness (QED) is 0.840. The Morgan fingerprint density at radius 2 is 1.71 bits per heavy atom. The van der Waals surface area contributed by atoms with Crippen molar-refractivity contribution < 1.29 is 9.90 Å². The van der Waals surface area contributed by atoms with Gasteiger partial charge >= 0.3 is 5.97 Å². The first-order valence-corrected chi connectivity index (χ1v) is 6.06. The third-order valence-corrected chi connectivity index (χ3v) is 3.77. The SMILES string of the molecule is CC(C)c1ccc(C(N)C2(C(=O)O)CC2)cc1. The number of hydrogen-bond donors (Lipinski definition) is 2. The van der Waals surface area contributed by atoms with Gasteiger partial charge in [-0.05, 0) is 29.9 Å². The lowest BCUT2D eigenvalue weighted by Crippen LogP contribution is -2.29. The van der Waals surface area contributed by atoms with Gasteiger partial charge in [-0.25, -0.2) is 0 Å². The number of nitrogens with two attached hydrogens (primary N) is 1. The minimum Gasteiger partial charge on any atom is -0.481 e. The van der Waals surface area contributed by atoms with Gasteiger partial charge < -0.3 is 10.8 Å². The van der Waals surface area contributed by atoms with Gasteiger partial charge in [-0.1, -0.05) is 38.1 Å². The summed E-state index contributed by atoms with van der Waals surface area (Å²) in [6.07, 6.45) is 1.38. The van der Waals surface area contributed by atoms with Crippen molar-refractivity contribution >= 4 is 5.97 Å². The standard InChI is InChI=1S/C14H19NO2/c1-9(2)10-3-5-11(6-4-10)12(15)14(7-8-14)13(16)17/h3-6,9,12H,7-8,15H2,1-2H3,(H,16,17). The molecule has 1 aromatic carbocycles. The maximum Gasteiger partial charge on any atom is 0.311 e. The van der Waals surface area contributed by atoms with Gasteiger partial charge in [0, 0.05) is 6.04 Å². The second-order valence-electron chi connectivity index (χ2n) is 5.26. The predicted molar refractivity (Wildman–Crippen MR) is 66.8 cm³/mol. The highest BCUT2D eigenvalue weighted by molar-refractivity contribution is 5.79. The highest BCUT2D eigenvalue weighted by Gasteiger charge is 2.55. The molecule has 0 spiro atoms. The molecule has 0 aliphatic heterocycles. The third-order valence-electron chi connectivity index (χ3n) is 3.77. The highest BCUT2D eigenvalue weighted by Crippen LogP contribution is 2.54. The summed E-state index contributed by atoms with van der Waals surface area (Å²) in [4.78, 5) is 11.2. The fraction of sp³-hybridized carbons (Fsp3) is 0.500. The molecular formula is C14H19NO2. The van der Waals surface area contributed by atoms with Crippen molar-refractivity contribution in [2.24, 2.45) is 11.1 Å². The fourth-order valence-electron chi connectivity index (χ4n) is 2.20. The van der Waals surface area contributed by atoms with Crippen LogP contribution in [0.3, 0.4) is 0 Å². The first-order chi connectivity index (χ1) is 7.97. The van der Waals surface area contributed by atoms with Gasteiger partial charge in [0.1, 0.15) is 0 Å². The van der Waals surface area contributed by atoms with Crippen molar-refractivity contribution in [2.45, 2.75) is 38.6 Å². The van der Waals surface area contributed by atoms with Crippen LogP contribution >= 0.6 is 0 Å². The zero-order valence-electron chi connectivity index (χ0n) is 10.3. The van der Waals surface area contributed by atoms with Gasteiger partial charge in [0.15, 0.2) is 0 Å².